The molecule has 1 amide bonds. The highest BCUT2D eigenvalue weighted by Gasteiger charge is 2.39. The minimum absolute atomic E-state index is 0.0445. The maximum absolute atomic E-state index is 13.1. The first-order valence-electron chi connectivity index (χ1n) is 12.9. The molecule has 8 nitrogen and oxygen atoms in total. The van der Waals surface area contributed by atoms with Crippen molar-refractivity contribution in [2.75, 3.05) is 12.4 Å². The molecule has 1 aliphatic heterocycles. The summed E-state index contributed by atoms with van der Waals surface area (Å²) in [7, 11) is 1.66. The molecule has 0 unspecified atom stereocenters. The number of hydrogen-bond acceptors (Lipinski definition) is 7. The third kappa shape index (κ3) is 5.50. The highest BCUT2D eigenvalue weighted by molar-refractivity contribution is 9.10. The average molecular weight is 608 g/mol. The molecule has 1 aliphatic rings. The first-order valence-corrected chi connectivity index (χ1v) is 13.7. The zero-order valence-electron chi connectivity index (χ0n) is 22.6. The first kappa shape index (κ1) is 27.9. The molecule has 0 bridgehead atoms. The molecule has 3 aromatic carbocycles. The van der Waals surface area contributed by atoms with Crippen LogP contribution in [0.5, 0.6) is 11.5 Å². The van der Waals surface area contributed by atoms with Crippen LogP contribution in [0.3, 0.4) is 0 Å². The summed E-state index contributed by atoms with van der Waals surface area (Å²) in [5, 5.41) is 13.8. The number of nitrogens with one attached hydrogen (secondary N) is 1. The van der Waals surface area contributed by atoms with Gasteiger partial charge in [-0.25, -0.2) is 4.79 Å². The summed E-state index contributed by atoms with van der Waals surface area (Å²) < 4.78 is 24.3. The molecule has 2 atom stereocenters. The van der Waals surface area contributed by atoms with Gasteiger partial charge in [0.15, 0.2) is 11.4 Å². The molecule has 40 heavy (non-hydrogen) atoms. The largest absolute Gasteiger partial charge is 0.505 e. The van der Waals surface area contributed by atoms with Crippen LogP contribution < -0.4 is 15.7 Å². The van der Waals surface area contributed by atoms with E-state index in [0.717, 1.165) is 22.0 Å². The lowest BCUT2D eigenvalue weighted by atomic mass is 9.94. The molecule has 4 aromatic rings. The Morgan fingerprint density at radius 3 is 2.52 bits per heavy atom. The number of rotatable bonds is 6. The monoisotopic (exact) mass is 607 g/mol. The minimum Gasteiger partial charge on any atom is -0.505 e. The Kier molecular flexibility index (Phi) is 7.72. The van der Waals surface area contributed by atoms with Crippen molar-refractivity contribution >= 4 is 38.5 Å². The number of carbonyl (C=O) groups is 1. The molecule has 2 N–H and O–H groups in total. The standard InChI is InChI=1S/C31H30BrNO7/c1-17-23(38-25-15-14-24(37-4)31(2,3)40-25)13-12-22-27(34)26(30(36)39-28(17)22)33-29(35)20-7-5-6-19(16-20)18-8-10-21(32)11-9-18/h5-13,16,24-25,34H,14-15H2,1-4H3,(H,33,35)/t24-,25-/m1/s1. The smallest absolute Gasteiger partial charge is 0.364 e. The van der Waals surface area contributed by atoms with Gasteiger partial charge in [0.2, 0.25) is 6.29 Å². The number of methoxy groups -OCH3 is 1. The van der Waals surface area contributed by atoms with Crippen molar-refractivity contribution in [1.29, 1.82) is 0 Å². The van der Waals surface area contributed by atoms with Crippen molar-refractivity contribution in [3.8, 4) is 22.6 Å². The van der Waals surface area contributed by atoms with E-state index in [-0.39, 0.29) is 28.5 Å². The lowest BCUT2D eigenvalue weighted by Gasteiger charge is -2.41. The Morgan fingerprint density at radius 2 is 1.82 bits per heavy atom. The molecular weight excluding hydrogens is 578 g/mol. The van der Waals surface area contributed by atoms with Crippen molar-refractivity contribution in [3.05, 3.63) is 86.7 Å². The van der Waals surface area contributed by atoms with Crippen LogP contribution in [-0.2, 0) is 9.47 Å². The lowest BCUT2D eigenvalue weighted by Crippen LogP contribution is -2.49. The fourth-order valence-corrected chi connectivity index (χ4v) is 5.27. The van der Waals surface area contributed by atoms with E-state index in [1.54, 1.807) is 44.4 Å². The van der Waals surface area contributed by atoms with E-state index in [1.807, 2.05) is 44.2 Å². The van der Waals surface area contributed by atoms with Gasteiger partial charge in [0.25, 0.3) is 5.91 Å². The van der Waals surface area contributed by atoms with Crippen molar-refractivity contribution in [2.24, 2.45) is 0 Å². The van der Waals surface area contributed by atoms with E-state index < -0.39 is 23.4 Å². The summed E-state index contributed by atoms with van der Waals surface area (Å²) in [5.74, 6) is -0.464. The van der Waals surface area contributed by atoms with E-state index in [9.17, 15) is 14.7 Å². The Hall–Kier alpha value is -3.66. The maximum atomic E-state index is 13.1. The minimum atomic E-state index is -0.874. The summed E-state index contributed by atoms with van der Waals surface area (Å²) in [6.07, 6.45) is 0.843. The number of aryl methyl sites for hydroxylation is 1. The van der Waals surface area contributed by atoms with Gasteiger partial charge in [-0.15, -0.1) is 0 Å². The Morgan fingerprint density at radius 1 is 1.07 bits per heavy atom. The van der Waals surface area contributed by atoms with Gasteiger partial charge in [0.1, 0.15) is 11.3 Å². The number of carbonyl (C=O) groups excluding carboxylic acids is 1. The van der Waals surface area contributed by atoms with Crippen LogP contribution in [0.4, 0.5) is 5.69 Å². The van der Waals surface area contributed by atoms with E-state index in [2.05, 4.69) is 21.2 Å². The fraction of sp³-hybridized carbons (Fsp3) is 0.290. The number of halogens is 1. The van der Waals surface area contributed by atoms with Crippen LogP contribution >= 0.6 is 15.9 Å². The first-order chi connectivity index (χ1) is 19.1. The number of anilines is 1. The van der Waals surface area contributed by atoms with Crippen LogP contribution in [0.2, 0.25) is 0 Å². The quantitative estimate of drug-likeness (QED) is 0.232. The predicted octanol–water partition coefficient (Wildman–Crippen LogP) is 6.80. The number of hydrogen-bond donors (Lipinski definition) is 2. The van der Waals surface area contributed by atoms with Crippen molar-refractivity contribution in [3.63, 3.8) is 0 Å². The Bertz CT molecular complexity index is 1630. The topological polar surface area (TPSA) is 107 Å². The highest BCUT2D eigenvalue weighted by Crippen LogP contribution is 2.37. The summed E-state index contributed by atoms with van der Waals surface area (Å²) in [5.41, 5.74) is 1.05. The molecule has 0 aliphatic carbocycles. The van der Waals surface area contributed by atoms with Crippen LogP contribution in [0.1, 0.15) is 42.6 Å². The SMILES string of the molecule is CO[C@@H]1CC[C@H](Oc2ccc3c(O)c(NC(=O)c4cccc(-c5ccc(Br)cc5)c4)c(=O)oc3c2C)OC1(C)C. The van der Waals surface area contributed by atoms with Gasteiger partial charge in [0.05, 0.1) is 17.1 Å². The normalized spacial score (nSPS) is 18.4. The zero-order valence-corrected chi connectivity index (χ0v) is 24.2. The van der Waals surface area contributed by atoms with E-state index in [1.165, 1.54) is 0 Å². The van der Waals surface area contributed by atoms with Gasteiger partial charge < -0.3 is 29.1 Å². The van der Waals surface area contributed by atoms with Gasteiger partial charge in [-0.3, -0.25) is 4.79 Å². The molecule has 9 heteroatoms. The summed E-state index contributed by atoms with van der Waals surface area (Å²) in [4.78, 5) is 26.0. The van der Waals surface area contributed by atoms with E-state index >= 15 is 0 Å². The average Bonchev–Trinajstić information content (AvgIpc) is 2.93. The lowest BCUT2D eigenvalue weighted by molar-refractivity contribution is -0.233. The number of aromatic hydroxyl groups is 1. The second-order valence-electron chi connectivity index (χ2n) is 10.3. The molecule has 208 valence electrons. The summed E-state index contributed by atoms with van der Waals surface area (Å²) in [6, 6.07) is 18.0. The third-order valence-electron chi connectivity index (χ3n) is 7.21. The van der Waals surface area contributed by atoms with E-state index in [0.29, 0.717) is 23.3 Å². The second-order valence-corrected chi connectivity index (χ2v) is 11.2. The van der Waals surface area contributed by atoms with Crippen LogP contribution in [0.25, 0.3) is 22.1 Å². The van der Waals surface area contributed by atoms with E-state index in [4.69, 9.17) is 18.6 Å². The summed E-state index contributed by atoms with van der Waals surface area (Å²) >= 11 is 3.42. The third-order valence-corrected chi connectivity index (χ3v) is 7.73. The van der Waals surface area contributed by atoms with Crippen LogP contribution in [0, 0.1) is 6.92 Å². The molecule has 0 saturated carbocycles. The molecule has 5 rings (SSSR count). The van der Waals surface area contributed by atoms with Crippen molar-refractivity contribution < 1.29 is 28.5 Å². The van der Waals surface area contributed by atoms with Gasteiger partial charge in [-0.2, -0.15) is 0 Å². The zero-order chi connectivity index (χ0) is 28.6. The molecule has 0 spiro atoms. The number of fused-ring (bicyclic) bond motifs is 1. The molecule has 0 radical (unpaired) electrons. The van der Waals surface area contributed by atoms with Gasteiger partial charge in [-0.05, 0) is 74.7 Å². The van der Waals surface area contributed by atoms with Crippen LogP contribution in [0.15, 0.2) is 74.3 Å². The molecule has 1 saturated heterocycles. The summed E-state index contributed by atoms with van der Waals surface area (Å²) in [6.45, 7) is 5.64. The number of amides is 1. The molecular formula is C31H30BrNO7. The van der Waals surface area contributed by atoms with Crippen LogP contribution in [-0.4, -0.2) is 36.1 Å². The number of ether oxygens (including phenoxy) is 3. The maximum Gasteiger partial charge on any atom is 0.364 e. The number of benzene rings is 3. The van der Waals surface area contributed by atoms with Gasteiger partial charge >= 0.3 is 5.63 Å². The molecule has 1 fully saturated rings. The van der Waals surface area contributed by atoms with Gasteiger partial charge in [-0.1, -0.05) is 40.2 Å². The molecule has 2 heterocycles. The van der Waals surface area contributed by atoms with Gasteiger partial charge in [0, 0.05) is 29.1 Å². The molecule has 1 aromatic heterocycles. The highest BCUT2D eigenvalue weighted by atomic mass is 79.9. The Labute approximate surface area is 240 Å². The van der Waals surface area contributed by atoms with Crippen molar-refractivity contribution in [1.82, 2.24) is 0 Å². The van der Waals surface area contributed by atoms with Crippen molar-refractivity contribution in [2.45, 2.75) is 51.6 Å². The fourth-order valence-electron chi connectivity index (χ4n) is 5.01. The second kappa shape index (κ2) is 11.1. The predicted molar refractivity (Wildman–Crippen MR) is 156 cm³/mol. The Balaban J connectivity index is 1.39.